The number of nitrogens with two attached hydrogens (primary N) is 1. The van der Waals surface area contributed by atoms with Crippen LogP contribution in [0.3, 0.4) is 0 Å². The van der Waals surface area contributed by atoms with Crippen LogP contribution in [0, 0.1) is 0 Å². The predicted octanol–water partition coefficient (Wildman–Crippen LogP) is -0.544. The van der Waals surface area contributed by atoms with Crippen LogP contribution in [-0.2, 0) is 0 Å². The fraction of sp³-hybridized carbons (Fsp3) is 0.667. The van der Waals surface area contributed by atoms with Gasteiger partial charge in [-0.25, -0.2) is 0 Å². The van der Waals surface area contributed by atoms with Crippen molar-refractivity contribution in [3.8, 4) is 11.5 Å². The number of quaternary nitrogens is 2. The molecule has 1 unspecified atom stereocenters. The predicted molar refractivity (Wildman–Crippen MR) is 90.2 cm³/mol. The third kappa shape index (κ3) is 6.01. The van der Waals surface area contributed by atoms with Gasteiger partial charge in [0.2, 0.25) is 0 Å². The molecule has 1 aromatic rings. The van der Waals surface area contributed by atoms with Gasteiger partial charge in [-0.1, -0.05) is 0 Å². The Morgan fingerprint density at radius 3 is 2.57 bits per heavy atom. The highest BCUT2D eigenvalue weighted by atomic mass is 16.5. The van der Waals surface area contributed by atoms with E-state index in [-0.39, 0.29) is 0 Å². The first-order valence-corrected chi connectivity index (χ1v) is 8.92. The zero-order valence-electron chi connectivity index (χ0n) is 14.5. The van der Waals surface area contributed by atoms with Gasteiger partial charge < -0.3 is 24.8 Å². The molecule has 0 saturated carbocycles. The van der Waals surface area contributed by atoms with Gasteiger partial charge in [-0.2, -0.15) is 0 Å². The molecule has 130 valence electrons. The highest BCUT2D eigenvalue weighted by Crippen LogP contribution is 2.17. The molecule has 5 nitrogen and oxygen atoms in total. The molecule has 0 radical (unpaired) electrons. The number of nitrogens with one attached hydrogen (secondary N) is 1. The first kappa shape index (κ1) is 18.0. The number of rotatable bonds is 10. The number of ether oxygens (including phenoxy) is 2. The second-order valence-corrected chi connectivity index (χ2v) is 6.23. The van der Waals surface area contributed by atoms with Crippen LogP contribution in [0.1, 0.15) is 26.7 Å². The molecule has 0 amide bonds. The van der Waals surface area contributed by atoms with E-state index in [9.17, 15) is 5.11 Å². The number of hydrogen-bond donors (Lipinski definition) is 3. The van der Waals surface area contributed by atoms with E-state index >= 15 is 0 Å². The maximum absolute atomic E-state index is 10.1. The van der Waals surface area contributed by atoms with Gasteiger partial charge in [0.05, 0.1) is 19.7 Å². The van der Waals surface area contributed by atoms with Crippen molar-refractivity contribution in [2.75, 3.05) is 39.4 Å². The molecule has 0 spiro atoms. The van der Waals surface area contributed by atoms with Crippen molar-refractivity contribution >= 4 is 0 Å². The molecule has 23 heavy (non-hydrogen) atoms. The standard InChI is InChI=1S/C18H30N2O3/c1-3-20-11-5-6-15(20)12-19-13-16(21)14-23-18-9-7-17(8-10-18)22-4-2/h7-10,15-16,19,21H,3-6,11-14H2,1-2H3/p+2/t15-,16+/m1/s1. The summed E-state index contributed by atoms with van der Waals surface area (Å²) in [6, 6.07) is 8.28. The molecule has 5 heteroatoms. The van der Waals surface area contributed by atoms with Gasteiger partial charge in [0.15, 0.2) is 0 Å². The first-order valence-electron chi connectivity index (χ1n) is 8.92. The summed E-state index contributed by atoms with van der Waals surface area (Å²) < 4.78 is 11.0. The van der Waals surface area contributed by atoms with Gasteiger partial charge in [-0.3, -0.25) is 0 Å². The van der Waals surface area contributed by atoms with Crippen molar-refractivity contribution in [3.63, 3.8) is 0 Å². The third-order valence-electron chi connectivity index (χ3n) is 4.55. The molecule has 2 rings (SSSR count). The Balaban J connectivity index is 1.62. The Hall–Kier alpha value is -1.30. The molecule has 1 aromatic carbocycles. The van der Waals surface area contributed by atoms with E-state index in [0.29, 0.717) is 19.8 Å². The zero-order valence-corrected chi connectivity index (χ0v) is 14.5. The summed E-state index contributed by atoms with van der Waals surface area (Å²) in [5, 5.41) is 12.3. The summed E-state index contributed by atoms with van der Waals surface area (Å²) >= 11 is 0. The summed E-state index contributed by atoms with van der Waals surface area (Å²) in [4.78, 5) is 1.71. The lowest BCUT2D eigenvalue weighted by Crippen LogP contribution is -3.16. The van der Waals surface area contributed by atoms with Crippen molar-refractivity contribution in [1.82, 2.24) is 0 Å². The number of benzene rings is 1. The summed E-state index contributed by atoms with van der Waals surface area (Å²) in [6.45, 7) is 9.53. The Kier molecular flexibility index (Phi) is 7.65. The molecular weight excluding hydrogens is 292 g/mol. The molecule has 0 aliphatic carbocycles. The fourth-order valence-electron chi connectivity index (χ4n) is 3.28. The minimum Gasteiger partial charge on any atom is -0.494 e. The van der Waals surface area contributed by atoms with Crippen LogP contribution in [0.25, 0.3) is 0 Å². The van der Waals surface area contributed by atoms with E-state index in [2.05, 4.69) is 12.2 Å². The summed E-state index contributed by atoms with van der Waals surface area (Å²) in [6.07, 6.45) is 2.22. The molecule has 1 aliphatic rings. The fourth-order valence-corrected chi connectivity index (χ4v) is 3.28. The van der Waals surface area contributed by atoms with Crippen molar-refractivity contribution in [2.24, 2.45) is 0 Å². The summed E-state index contributed by atoms with van der Waals surface area (Å²) in [5.41, 5.74) is 0. The molecule has 0 bridgehead atoms. The second-order valence-electron chi connectivity index (χ2n) is 6.23. The average Bonchev–Trinajstić information content (AvgIpc) is 3.02. The van der Waals surface area contributed by atoms with Gasteiger partial charge >= 0.3 is 0 Å². The minimum atomic E-state index is -0.437. The quantitative estimate of drug-likeness (QED) is 0.542. The van der Waals surface area contributed by atoms with E-state index in [4.69, 9.17) is 9.47 Å². The summed E-state index contributed by atoms with van der Waals surface area (Å²) in [5.74, 6) is 1.61. The van der Waals surface area contributed by atoms with Gasteiger partial charge in [0, 0.05) is 12.8 Å². The Labute approximate surface area is 139 Å². The first-order chi connectivity index (χ1) is 11.2. The van der Waals surface area contributed by atoms with Crippen LogP contribution >= 0.6 is 0 Å². The van der Waals surface area contributed by atoms with Crippen LogP contribution in [0.4, 0.5) is 0 Å². The second kappa shape index (κ2) is 9.75. The maximum Gasteiger partial charge on any atom is 0.137 e. The molecule has 1 heterocycles. The SMILES string of the molecule is CCOc1ccc(OC[C@@H](O)C[NH2+]C[C@H]2CCC[NH+]2CC)cc1. The van der Waals surface area contributed by atoms with Crippen molar-refractivity contribution in [2.45, 2.75) is 38.8 Å². The molecule has 1 saturated heterocycles. The monoisotopic (exact) mass is 324 g/mol. The molecule has 1 aliphatic heterocycles. The lowest BCUT2D eigenvalue weighted by Gasteiger charge is -2.19. The topological polar surface area (TPSA) is 59.7 Å². The van der Waals surface area contributed by atoms with Crippen LogP contribution in [-0.4, -0.2) is 56.6 Å². The van der Waals surface area contributed by atoms with E-state index < -0.39 is 6.10 Å². The minimum absolute atomic E-state index is 0.333. The van der Waals surface area contributed by atoms with E-state index in [0.717, 1.165) is 24.1 Å². The normalized spacial score (nSPS) is 22.0. The van der Waals surface area contributed by atoms with Crippen LogP contribution in [0.5, 0.6) is 11.5 Å². The summed E-state index contributed by atoms with van der Waals surface area (Å²) in [7, 11) is 0. The van der Waals surface area contributed by atoms with Crippen LogP contribution in [0.15, 0.2) is 24.3 Å². The Bertz CT molecular complexity index is 438. The van der Waals surface area contributed by atoms with Crippen LogP contribution < -0.4 is 19.7 Å². The molecular formula is C18H32N2O3+2. The number of aliphatic hydroxyl groups excluding tert-OH is 1. The molecule has 3 atom stereocenters. The van der Waals surface area contributed by atoms with E-state index in [1.54, 1.807) is 4.90 Å². The zero-order chi connectivity index (χ0) is 16.5. The number of likely N-dealkylation sites (tertiary alicyclic amines) is 1. The molecule has 0 aromatic heterocycles. The van der Waals surface area contributed by atoms with Gasteiger partial charge in [0.25, 0.3) is 0 Å². The van der Waals surface area contributed by atoms with E-state index in [1.807, 2.05) is 31.2 Å². The molecule has 1 fully saturated rings. The average molecular weight is 324 g/mol. The number of likely N-dealkylation sites (N-methyl/N-ethyl adjacent to an activating group) is 1. The number of hydrogen-bond acceptors (Lipinski definition) is 3. The van der Waals surface area contributed by atoms with E-state index in [1.165, 1.54) is 25.9 Å². The largest absolute Gasteiger partial charge is 0.494 e. The van der Waals surface area contributed by atoms with Crippen molar-refractivity contribution < 1.29 is 24.8 Å². The lowest BCUT2D eigenvalue weighted by atomic mass is 10.2. The highest BCUT2D eigenvalue weighted by Gasteiger charge is 2.28. The van der Waals surface area contributed by atoms with Crippen molar-refractivity contribution in [3.05, 3.63) is 24.3 Å². The number of aliphatic hydroxyl groups is 1. The molecule has 4 N–H and O–H groups in total. The van der Waals surface area contributed by atoms with Crippen LogP contribution in [0.2, 0.25) is 0 Å². The van der Waals surface area contributed by atoms with Gasteiger partial charge in [0.1, 0.15) is 43.3 Å². The van der Waals surface area contributed by atoms with Gasteiger partial charge in [-0.15, -0.1) is 0 Å². The lowest BCUT2D eigenvalue weighted by molar-refractivity contribution is -0.924. The Morgan fingerprint density at radius 1 is 1.22 bits per heavy atom. The smallest absolute Gasteiger partial charge is 0.137 e. The van der Waals surface area contributed by atoms with Crippen molar-refractivity contribution in [1.29, 1.82) is 0 Å². The highest BCUT2D eigenvalue weighted by molar-refractivity contribution is 5.31. The Morgan fingerprint density at radius 2 is 1.91 bits per heavy atom. The van der Waals surface area contributed by atoms with Gasteiger partial charge in [-0.05, 0) is 38.1 Å². The third-order valence-corrected chi connectivity index (χ3v) is 4.55. The maximum atomic E-state index is 10.1.